The summed E-state index contributed by atoms with van der Waals surface area (Å²) in [6.07, 6.45) is -0.271. The van der Waals surface area contributed by atoms with Gasteiger partial charge in [0.05, 0.1) is 6.04 Å². The lowest BCUT2D eigenvalue weighted by Crippen LogP contribution is -2.25. The molecule has 1 saturated heterocycles. The van der Waals surface area contributed by atoms with Crippen molar-refractivity contribution < 1.29 is 9.53 Å². The van der Waals surface area contributed by atoms with Crippen molar-refractivity contribution in [1.29, 1.82) is 0 Å². The minimum atomic E-state index is -0.301. The van der Waals surface area contributed by atoms with Crippen molar-refractivity contribution in [2.24, 2.45) is 0 Å². The molecule has 1 rings (SSSR count). The second-order valence-electron chi connectivity index (χ2n) is 2.04. The highest BCUT2D eigenvalue weighted by atomic mass is 16.6. The van der Waals surface area contributed by atoms with Crippen molar-refractivity contribution in [2.75, 3.05) is 0 Å². The summed E-state index contributed by atoms with van der Waals surface area (Å²) >= 11 is 0. The molecule has 0 saturated carbocycles. The first-order valence-electron chi connectivity index (χ1n) is 2.67. The summed E-state index contributed by atoms with van der Waals surface area (Å²) in [5.74, 6) is 0. The fraction of sp³-hybridized carbons (Fsp3) is 0.800. The Kier molecular flexibility index (Phi) is 1.12. The van der Waals surface area contributed by atoms with E-state index in [0.29, 0.717) is 0 Å². The minimum Gasteiger partial charge on any atom is -0.444 e. The highest BCUT2D eigenvalue weighted by Crippen LogP contribution is 2.05. The van der Waals surface area contributed by atoms with Crippen molar-refractivity contribution in [1.82, 2.24) is 5.32 Å². The molecule has 1 aliphatic heterocycles. The van der Waals surface area contributed by atoms with Gasteiger partial charge in [-0.05, 0) is 13.8 Å². The third-order valence-corrected chi connectivity index (χ3v) is 1.34. The van der Waals surface area contributed by atoms with Gasteiger partial charge in [-0.2, -0.15) is 0 Å². The Morgan fingerprint density at radius 3 is 2.38 bits per heavy atom. The lowest BCUT2D eigenvalue weighted by Gasteiger charge is -2.02. The van der Waals surface area contributed by atoms with Gasteiger partial charge in [0.1, 0.15) is 6.10 Å². The van der Waals surface area contributed by atoms with Crippen LogP contribution in [0.25, 0.3) is 0 Å². The van der Waals surface area contributed by atoms with Crippen molar-refractivity contribution >= 4 is 6.09 Å². The Morgan fingerprint density at radius 2 is 2.25 bits per heavy atom. The molecule has 0 aromatic rings. The SMILES string of the molecule is CC1OC(=O)N[C@@H]1C. The average molecular weight is 115 g/mol. The van der Waals surface area contributed by atoms with Crippen LogP contribution in [-0.2, 0) is 4.74 Å². The molecule has 0 aromatic carbocycles. The van der Waals surface area contributed by atoms with Crippen molar-refractivity contribution in [3.63, 3.8) is 0 Å². The molecule has 0 aliphatic carbocycles. The van der Waals surface area contributed by atoms with Gasteiger partial charge in [0.25, 0.3) is 0 Å². The predicted octanol–water partition coefficient (Wildman–Crippen LogP) is 0.503. The second-order valence-corrected chi connectivity index (χ2v) is 2.04. The molecular weight excluding hydrogens is 106 g/mol. The highest BCUT2D eigenvalue weighted by molar-refractivity contribution is 5.69. The number of ether oxygens (including phenoxy) is 1. The van der Waals surface area contributed by atoms with Crippen molar-refractivity contribution in [3.05, 3.63) is 0 Å². The monoisotopic (exact) mass is 115 g/mol. The molecule has 3 nitrogen and oxygen atoms in total. The van der Waals surface area contributed by atoms with E-state index in [1.165, 1.54) is 0 Å². The van der Waals surface area contributed by atoms with E-state index < -0.39 is 0 Å². The first-order chi connectivity index (χ1) is 3.70. The molecule has 0 aromatic heterocycles. The van der Waals surface area contributed by atoms with Gasteiger partial charge in [-0.3, -0.25) is 0 Å². The van der Waals surface area contributed by atoms with Crippen LogP contribution in [0, 0.1) is 0 Å². The zero-order valence-electron chi connectivity index (χ0n) is 4.97. The zero-order valence-corrected chi connectivity index (χ0v) is 4.97. The van der Waals surface area contributed by atoms with Crippen LogP contribution in [0.5, 0.6) is 0 Å². The molecule has 8 heavy (non-hydrogen) atoms. The summed E-state index contributed by atoms with van der Waals surface area (Å²) in [6, 6.07) is 0.169. The number of nitrogens with one attached hydrogen (secondary N) is 1. The molecule has 46 valence electrons. The lowest BCUT2D eigenvalue weighted by atomic mass is 10.2. The third kappa shape index (κ3) is 0.757. The van der Waals surface area contributed by atoms with Crippen LogP contribution in [0.15, 0.2) is 0 Å². The van der Waals surface area contributed by atoms with Gasteiger partial charge < -0.3 is 10.1 Å². The topological polar surface area (TPSA) is 38.3 Å². The summed E-state index contributed by atoms with van der Waals surface area (Å²) in [5, 5.41) is 2.61. The molecular formula is C5H9NO2. The largest absolute Gasteiger partial charge is 0.444 e. The lowest BCUT2D eigenvalue weighted by molar-refractivity contribution is 0.142. The fourth-order valence-electron chi connectivity index (χ4n) is 0.608. The maximum absolute atomic E-state index is 10.3. The van der Waals surface area contributed by atoms with Gasteiger partial charge in [-0.15, -0.1) is 0 Å². The molecule has 0 radical (unpaired) electrons. The standard InChI is InChI=1S/C5H9NO2/c1-3-4(2)8-5(7)6-3/h3-4H,1-2H3,(H,6,7)/t3-,4?/m1/s1. The quantitative estimate of drug-likeness (QED) is 0.499. The molecule has 3 heteroatoms. The van der Waals surface area contributed by atoms with Gasteiger partial charge in [-0.25, -0.2) is 4.79 Å². The average Bonchev–Trinajstić information content (AvgIpc) is 1.85. The van der Waals surface area contributed by atoms with Gasteiger partial charge in [-0.1, -0.05) is 0 Å². The van der Waals surface area contributed by atoms with E-state index in [2.05, 4.69) is 5.32 Å². The predicted molar refractivity (Wildman–Crippen MR) is 28.5 cm³/mol. The second kappa shape index (κ2) is 1.65. The number of alkyl carbamates (subject to hydrolysis) is 1. The van der Waals surface area contributed by atoms with E-state index in [4.69, 9.17) is 4.74 Å². The summed E-state index contributed by atoms with van der Waals surface area (Å²) in [5.41, 5.74) is 0. The van der Waals surface area contributed by atoms with Crippen LogP contribution >= 0.6 is 0 Å². The molecule has 0 spiro atoms. The van der Waals surface area contributed by atoms with E-state index in [-0.39, 0.29) is 18.2 Å². The minimum absolute atomic E-state index is 0.0301. The van der Waals surface area contributed by atoms with Crippen molar-refractivity contribution in [3.8, 4) is 0 Å². The van der Waals surface area contributed by atoms with E-state index in [9.17, 15) is 4.79 Å². The first-order valence-corrected chi connectivity index (χ1v) is 2.67. The summed E-state index contributed by atoms with van der Waals surface area (Å²) in [7, 11) is 0. The molecule has 2 atom stereocenters. The van der Waals surface area contributed by atoms with Crippen LogP contribution in [0.2, 0.25) is 0 Å². The smallest absolute Gasteiger partial charge is 0.407 e. The third-order valence-electron chi connectivity index (χ3n) is 1.34. The number of hydrogen-bond acceptors (Lipinski definition) is 2. The number of rotatable bonds is 0. The Morgan fingerprint density at radius 1 is 1.62 bits per heavy atom. The van der Waals surface area contributed by atoms with Gasteiger partial charge >= 0.3 is 6.09 Å². The number of carbonyl (C=O) groups is 1. The first kappa shape index (κ1) is 5.41. The van der Waals surface area contributed by atoms with Crippen LogP contribution in [0.4, 0.5) is 4.79 Å². The normalized spacial score (nSPS) is 36.5. The van der Waals surface area contributed by atoms with Crippen LogP contribution in [-0.4, -0.2) is 18.2 Å². The van der Waals surface area contributed by atoms with E-state index in [1.807, 2.05) is 13.8 Å². The molecule has 1 amide bonds. The molecule has 1 fully saturated rings. The Labute approximate surface area is 48.0 Å². The molecule has 1 heterocycles. The van der Waals surface area contributed by atoms with Crippen LogP contribution in [0.3, 0.4) is 0 Å². The van der Waals surface area contributed by atoms with Gasteiger partial charge in [0.2, 0.25) is 0 Å². The van der Waals surface area contributed by atoms with E-state index >= 15 is 0 Å². The molecule has 1 aliphatic rings. The van der Waals surface area contributed by atoms with Crippen molar-refractivity contribution in [2.45, 2.75) is 26.0 Å². The summed E-state index contributed by atoms with van der Waals surface area (Å²) in [6.45, 7) is 3.78. The fourth-order valence-corrected chi connectivity index (χ4v) is 0.608. The van der Waals surface area contributed by atoms with E-state index in [0.717, 1.165) is 0 Å². The Bertz CT molecular complexity index is 101. The van der Waals surface area contributed by atoms with Gasteiger partial charge in [0.15, 0.2) is 0 Å². The number of carbonyl (C=O) groups excluding carboxylic acids is 1. The Hall–Kier alpha value is -0.730. The molecule has 1 unspecified atom stereocenters. The zero-order chi connectivity index (χ0) is 6.15. The maximum Gasteiger partial charge on any atom is 0.407 e. The van der Waals surface area contributed by atoms with Gasteiger partial charge in [0, 0.05) is 0 Å². The van der Waals surface area contributed by atoms with E-state index in [1.54, 1.807) is 0 Å². The summed E-state index contributed by atoms with van der Waals surface area (Å²) < 4.78 is 4.72. The summed E-state index contributed by atoms with van der Waals surface area (Å²) in [4.78, 5) is 10.3. The molecule has 1 N–H and O–H groups in total. The maximum atomic E-state index is 10.3. The number of amides is 1. The van der Waals surface area contributed by atoms with Crippen LogP contribution in [0.1, 0.15) is 13.8 Å². The van der Waals surface area contributed by atoms with Crippen LogP contribution < -0.4 is 5.32 Å². The molecule has 0 bridgehead atoms. The number of hydrogen-bond donors (Lipinski definition) is 1. The number of cyclic esters (lactones) is 1. The Balaban J connectivity index is 2.51. The highest BCUT2D eigenvalue weighted by Gasteiger charge is 2.25.